The lowest BCUT2D eigenvalue weighted by molar-refractivity contribution is 0.100. The third-order valence-electron chi connectivity index (χ3n) is 3.22. The number of amides is 1. The van der Waals surface area contributed by atoms with E-state index in [4.69, 9.17) is 11.5 Å². The molecule has 0 aliphatic heterocycles. The molecule has 0 spiro atoms. The Balaban J connectivity index is 2.24. The van der Waals surface area contributed by atoms with Crippen molar-refractivity contribution in [1.29, 1.82) is 0 Å². The first kappa shape index (κ1) is 13.3. The first-order valence-corrected chi connectivity index (χ1v) is 7.29. The van der Waals surface area contributed by atoms with Crippen molar-refractivity contribution >= 4 is 34.0 Å². The van der Waals surface area contributed by atoms with E-state index in [1.54, 1.807) is 17.4 Å². The molecule has 0 radical (unpaired) electrons. The summed E-state index contributed by atoms with van der Waals surface area (Å²) in [5.41, 5.74) is 13.3. The van der Waals surface area contributed by atoms with Gasteiger partial charge in [-0.15, -0.1) is 0 Å². The van der Waals surface area contributed by atoms with Crippen molar-refractivity contribution in [3.05, 3.63) is 58.8 Å². The highest BCUT2D eigenvalue weighted by molar-refractivity contribution is 7.08. The maximum Gasteiger partial charge on any atom is 0.280 e. The summed E-state index contributed by atoms with van der Waals surface area (Å²) in [5.74, 6) is -0.658. The fourth-order valence-corrected chi connectivity index (χ4v) is 3.00. The number of aliphatic imine (C=N–C) groups is 1. The summed E-state index contributed by atoms with van der Waals surface area (Å²) in [6, 6.07) is 13.5. The molecule has 0 aliphatic rings. The van der Waals surface area contributed by atoms with E-state index >= 15 is 0 Å². The van der Waals surface area contributed by atoms with Crippen LogP contribution < -0.4 is 11.5 Å². The first-order chi connectivity index (χ1) is 10.2. The van der Waals surface area contributed by atoms with E-state index in [1.165, 1.54) is 0 Å². The predicted molar refractivity (Wildman–Crippen MR) is 87.4 cm³/mol. The zero-order valence-corrected chi connectivity index (χ0v) is 11.9. The number of nitrogens with two attached hydrogens (primary N) is 2. The summed E-state index contributed by atoms with van der Waals surface area (Å²) >= 11 is 1.64. The highest BCUT2D eigenvalue weighted by Crippen LogP contribution is 2.31. The number of thiophene rings is 1. The Kier molecular flexibility index (Phi) is 3.41. The van der Waals surface area contributed by atoms with Gasteiger partial charge < -0.3 is 11.5 Å². The molecule has 3 aromatic rings. The van der Waals surface area contributed by atoms with E-state index in [9.17, 15) is 4.79 Å². The van der Waals surface area contributed by atoms with Crippen LogP contribution in [0.15, 0.2) is 58.2 Å². The number of fused-ring (bicyclic) bond motifs is 1. The number of carbonyl (C=O) groups excluding carboxylic acids is 1. The SMILES string of the molecule is NC(N)=NC(=O)c1cccc2c(-c3ccsc3)cccc12. The molecule has 0 aliphatic carbocycles. The van der Waals surface area contributed by atoms with Gasteiger partial charge in [0.15, 0.2) is 5.96 Å². The molecule has 4 N–H and O–H groups in total. The molecule has 104 valence electrons. The summed E-state index contributed by atoms with van der Waals surface area (Å²) < 4.78 is 0. The Labute approximate surface area is 125 Å². The average molecular weight is 295 g/mol. The lowest BCUT2D eigenvalue weighted by Gasteiger charge is -2.08. The van der Waals surface area contributed by atoms with Gasteiger partial charge in [-0.05, 0) is 44.8 Å². The van der Waals surface area contributed by atoms with Gasteiger partial charge in [0, 0.05) is 5.56 Å². The molecule has 0 saturated heterocycles. The Morgan fingerprint density at radius 1 is 1.00 bits per heavy atom. The van der Waals surface area contributed by atoms with Gasteiger partial charge in [-0.2, -0.15) is 16.3 Å². The van der Waals surface area contributed by atoms with E-state index in [0.29, 0.717) is 5.56 Å². The number of hydrogen-bond donors (Lipinski definition) is 2. The molecule has 2 aromatic carbocycles. The van der Waals surface area contributed by atoms with Crippen molar-refractivity contribution in [3.8, 4) is 11.1 Å². The van der Waals surface area contributed by atoms with Crippen molar-refractivity contribution in [2.75, 3.05) is 0 Å². The van der Waals surface area contributed by atoms with Crippen molar-refractivity contribution in [2.45, 2.75) is 0 Å². The second-order valence-electron chi connectivity index (χ2n) is 4.56. The maximum atomic E-state index is 12.1. The Morgan fingerprint density at radius 3 is 2.48 bits per heavy atom. The van der Waals surface area contributed by atoms with Crippen molar-refractivity contribution in [3.63, 3.8) is 0 Å². The molecule has 4 nitrogen and oxygen atoms in total. The molecule has 0 fully saturated rings. The minimum Gasteiger partial charge on any atom is -0.370 e. The van der Waals surface area contributed by atoms with Crippen LogP contribution in [0.3, 0.4) is 0 Å². The fraction of sp³-hybridized carbons (Fsp3) is 0. The Bertz CT molecular complexity index is 834. The molecule has 0 bridgehead atoms. The summed E-state index contributed by atoms with van der Waals surface area (Å²) in [4.78, 5) is 15.7. The summed E-state index contributed by atoms with van der Waals surface area (Å²) in [5, 5.41) is 5.96. The zero-order chi connectivity index (χ0) is 14.8. The van der Waals surface area contributed by atoms with E-state index in [1.807, 2.05) is 35.7 Å². The van der Waals surface area contributed by atoms with Crippen molar-refractivity contribution in [1.82, 2.24) is 0 Å². The molecular formula is C16H13N3OS. The second-order valence-corrected chi connectivity index (χ2v) is 5.34. The number of hydrogen-bond acceptors (Lipinski definition) is 2. The van der Waals surface area contributed by atoms with Gasteiger partial charge in [-0.1, -0.05) is 30.3 Å². The molecule has 1 amide bonds. The standard InChI is InChI=1S/C16H13N3OS/c17-16(18)19-15(20)14-6-2-4-12-11(3-1-5-13(12)14)10-7-8-21-9-10/h1-9H,(H4,17,18,19,20). The minimum absolute atomic E-state index is 0.231. The van der Waals surface area contributed by atoms with E-state index in [-0.39, 0.29) is 5.96 Å². The number of benzene rings is 2. The second kappa shape index (κ2) is 5.38. The fourth-order valence-electron chi connectivity index (χ4n) is 2.34. The molecule has 5 heteroatoms. The Hall–Kier alpha value is -2.66. The smallest absolute Gasteiger partial charge is 0.280 e. The molecule has 1 heterocycles. The monoisotopic (exact) mass is 295 g/mol. The molecule has 0 unspecified atom stereocenters. The highest BCUT2D eigenvalue weighted by atomic mass is 32.1. The molecule has 0 saturated carbocycles. The molecule has 1 aromatic heterocycles. The summed E-state index contributed by atoms with van der Waals surface area (Å²) in [6.07, 6.45) is 0. The van der Waals surface area contributed by atoms with Crippen LogP contribution in [-0.4, -0.2) is 11.9 Å². The van der Waals surface area contributed by atoms with E-state index < -0.39 is 5.91 Å². The topological polar surface area (TPSA) is 81.5 Å². The largest absolute Gasteiger partial charge is 0.370 e. The Morgan fingerprint density at radius 2 is 1.76 bits per heavy atom. The lowest BCUT2D eigenvalue weighted by Crippen LogP contribution is -2.24. The lowest BCUT2D eigenvalue weighted by atomic mass is 9.97. The van der Waals surface area contributed by atoms with E-state index in [2.05, 4.69) is 16.4 Å². The van der Waals surface area contributed by atoms with Gasteiger partial charge in [0.25, 0.3) is 5.91 Å². The average Bonchev–Trinajstić information content (AvgIpc) is 2.99. The van der Waals surface area contributed by atoms with Crippen LogP contribution in [0.1, 0.15) is 10.4 Å². The van der Waals surface area contributed by atoms with Crippen LogP contribution in [0.4, 0.5) is 0 Å². The van der Waals surface area contributed by atoms with Gasteiger partial charge in [0.05, 0.1) is 0 Å². The first-order valence-electron chi connectivity index (χ1n) is 6.35. The van der Waals surface area contributed by atoms with Crippen LogP contribution in [-0.2, 0) is 0 Å². The molecule has 21 heavy (non-hydrogen) atoms. The highest BCUT2D eigenvalue weighted by Gasteiger charge is 2.12. The molecule has 3 rings (SSSR count). The predicted octanol–water partition coefficient (Wildman–Crippen LogP) is 2.98. The normalized spacial score (nSPS) is 10.5. The minimum atomic E-state index is -0.428. The summed E-state index contributed by atoms with van der Waals surface area (Å²) in [6.45, 7) is 0. The van der Waals surface area contributed by atoms with Crippen molar-refractivity contribution in [2.24, 2.45) is 16.5 Å². The van der Waals surface area contributed by atoms with Crippen LogP contribution in [0.25, 0.3) is 21.9 Å². The van der Waals surface area contributed by atoms with Crippen LogP contribution in [0.5, 0.6) is 0 Å². The van der Waals surface area contributed by atoms with Gasteiger partial charge in [-0.3, -0.25) is 4.79 Å². The van der Waals surface area contributed by atoms with E-state index in [0.717, 1.165) is 21.9 Å². The quantitative estimate of drug-likeness (QED) is 0.563. The van der Waals surface area contributed by atoms with Gasteiger partial charge >= 0.3 is 0 Å². The third-order valence-corrected chi connectivity index (χ3v) is 3.90. The number of nitrogens with zero attached hydrogens (tertiary/aromatic N) is 1. The third kappa shape index (κ3) is 2.51. The number of rotatable bonds is 2. The van der Waals surface area contributed by atoms with Crippen LogP contribution >= 0.6 is 11.3 Å². The van der Waals surface area contributed by atoms with Crippen molar-refractivity contribution < 1.29 is 4.79 Å². The van der Waals surface area contributed by atoms with Gasteiger partial charge in [0.1, 0.15) is 0 Å². The molecular weight excluding hydrogens is 282 g/mol. The van der Waals surface area contributed by atoms with Crippen LogP contribution in [0, 0.1) is 0 Å². The summed E-state index contributed by atoms with van der Waals surface area (Å²) in [7, 11) is 0. The van der Waals surface area contributed by atoms with Crippen LogP contribution in [0.2, 0.25) is 0 Å². The number of guanidine groups is 1. The van der Waals surface area contributed by atoms with Gasteiger partial charge in [0.2, 0.25) is 0 Å². The molecule has 0 atom stereocenters. The number of carbonyl (C=O) groups is 1. The van der Waals surface area contributed by atoms with Gasteiger partial charge in [-0.25, -0.2) is 0 Å². The maximum absolute atomic E-state index is 12.1. The zero-order valence-electron chi connectivity index (χ0n) is 11.1.